The Labute approximate surface area is 139 Å². The van der Waals surface area contributed by atoms with Crippen LogP contribution in [0.15, 0.2) is 30.6 Å². The van der Waals surface area contributed by atoms with Crippen molar-refractivity contribution >= 4 is 15.7 Å². The Hall–Kier alpha value is -2.57. The molecular weight excluding hydrogens is 330 g/mol. The van der Waals surface area contributed by atoms with Crippen LogP contribution in [0.4, 0.5) is 5.69 Å². The van der Waals surface area contributed by atoms with Gasteiger partial charge in [0, 0.05) is 30.4 Å². The van der Waals surface area contributed by atoms with Gasteiger partial charge in [0.1, 0.15) is 11.3 Å². The molecule has 1 aliphatic heterocycles. The first-order chi connectivity index (χ1) is 11.3. The highest BCUT2D eigenvalue weighted by Gasteiger charge is 2.49. The summed E-state index contributed by atoms with van der Waals surface area (Å²) in [4.78, 5) is 0. The number of nitrogens with two attached hydrogens (primary N) is 1. The molecule has 1 aromatic carbocycles. The smallest absolute Gasteiger partial charge is 0.211 e. The third-order valence-corrected chi connectivity index (χ3v) is 5.46. The maximum Gasteiger partial charge on any atom is 0.211 e. The fourth-order valence-electron chi connectivity index (χ4n) is 2.85. The fourth-order valence-corrected chi connectivity index (χ4v) is 3.79. The standard InChI is InChI=1S/C15H17N5O3S/c1-24(22,23)19-9-15(10-19,5-6-16)20-8-11(7-18-20)12-3-2-4-13(17)14(12)21/h2-4,7-8,21H,5,9-10,17H2,1H3. The lowest BCUT2D eigenvalue weighted by Gasteiger charge is -2.47. The molecule has 0 amide bonds. The highest BCUT2D eigenvalue weighted by Crippen LogP contribution is 2.37. The van der Waals surface area contributed by atoms with Gasteiger partial charge >= 0.3 is 0 Å². The second-order valence-electron chi connectivity index (χ2n) is 6.01. The molecule has 0 spiro atoms. The first kappa shape index (κ1) is 16.3. The first-order valence-corrected chi connectivity index (χ1v) is 9.07. The molecule has 0 saturated carbocycles. The first-order valence-electron chi connectivity index (χ1n) is 7.22. The van der Waals surface area contributed by atoms with E-state index in [0.717, 1.165) is 6.26 Å². The van der Waals surface area contributed by atoms with E-state index >= 15 is 0 Å². The van der Waals surface area contributed by atoms with E-state index in [0.29, 0.717) is 11.1 Å². The number of anilines is 1. The number of nitrogen functional groups attached to an aromatic ring is 1. The second-order valence-corrected chi connectivity index (χ2v) is 7.99. The zero-order chi connectivity index (χ0) is 17.5. The number of rotatable bonds is 4. The second kappa shape index (κ2) is 5.51. The van der Waals surface area contributed by atoms with Crippen molar-refractivity contribution in [1.82, 2.24) is 14.1 Å². The van der Waals surface area contributed by atoms with E-state index in [4.69, 9.17) is 11.0 Å². The molecule has 1 saturated heterocycles. The van der Waals surface area contributed by atoms with Crippen LogP contribution >= 0.6 is 0 Å². The zero-order valence-corrected chi connectivity index (χ0v) is 13.9. The molecule has 1 aromatic heterocycles. The van der Waals surface area contributed by atoms with Crippen LogP contribution in [0.1, 0.15) is 6.42 Å². The molecule has 2 aromatic rings. The van der Waals surface area contributed by atoms with E-state index in [-0.39, 0.29) is 30.9 Å². The minimum absolute atomic E-state index is 0.0299. The van der Waals surface area contributed by atoms with Crippen LogP contribution in [0.2, 0.25) is 0 Å². The van der Waals surface area contributed by atoms with Gasteiger partial charge in [-0.25, -0.2) is 8.42 Å². The number of para-hydroxylation sites is 1. The summed E-state index contributed by atoms with van der Waals surface area (Å²) in [5, 5.41) is 23.5. The number of phenolic OH excluding ortho intramolecular Hbond substituents is 1. The SMILES string of the molecule is CS(=O)(=O)N1CC(CC#N)(n2cc(-c3cccc(N)c3O)cn2)C1. The highest BCUT2D eigenvalue weighted by atomic mass is 32.2. The van der Waals surface area contributed by atoms with Crippen LogP contribution < -0.4 is 5.73 Å². The van der Waals surface area contributed by atoms with Gasteiger partial charge in [0.05, 0.1) is 30.6 Å². The molecule has 0 bridgehead atoms. The summed E-state index contributed by atoms with van der Waals surface area (Å²) >= 11 is 0. The molecular formula is C15H17N5O3S. The van der Waals surface area contributed by atoms with Crippen molar-refractivity contribution in [3.05, 3.63) is 30.6 Å². The number of nitrogens with zero attached hydrogens (tertiary/aromatic N) is 4. The largest absolute Gasteiger partial charge is 0.505 e. The van der Waals surface area contributed by atoms with Gasteiger partial charge in [-0.3, -0.25) is 4.68 Å². The predicted molar refractivity (Wildman–Crippen MR) is 88.4 cm³/mol. The lowest BCUT2D eigenvalue weighted by Crippen LogP contribution is -2.63. The van der Waals surface area contributed by atoms with Gasteiger partial charge in [-0.05, 0) is 6.07 Å². The number of hydrogen-bond acceptors (Lipinski definition) is 6. The lowest BCUT2D eigenvalue weighted by atomic mass is 9.89. The number of hydrogen-bond donors (Lipinski definition) is 2. The predicted octanol–water partition coefficient (Wildman–Crippen LogP) is 0.722. The van der Waals surface area contributed by atoms with E-state index in [9.17, 15) is 13.5 Å². The maximum atomic E-state index is 11.6. The summed E-state index contributed by atoms with van der Waals surface area (Å²) in [6.45, 7) is 0.396. The molecule has 126 valence electrons. The molecule has 1 fully saturated rings. The Morgan fingerprint density at radius 3 is 2.79 bits per heavy atom. The Morgan fingerprint density at radius 1 is 1.46 bits per heavy atom. The average Bonchev–Trinajstić information content (AvgIpc) is 2.94. The fraction of sp³-hybridized carbons (Fsp3) is 0.333. The summed E-state index contributed by atoms with van der Waals surface area (Å²) in [6, 6.07) is 7.13. The highest BCUT2D eigenvalue weighted by molar-refractivity contribution is 7.88. The minimum atomic E-state index is -3.29. The van der Waals surface area contributed by atoms with E-state index in [1.807, 2.05) is 0 Å². The van der Waals surface area contributed by atoms with Crippen molar-refractivity contribution in [1.29, 1.82) is 5.26 Å². The van der Waals surface area contributed by atoms with E-state index in [1.165, 1.54) is 4.31 Å². The molecule has 3 rings (SSSR count). The number of aromatic hydroxyl groups is 1. The summed E-state index contributed by atoms with van der Waals surface area (Å²) in [5.74, 6) is -0.0299. The monoisotopic (exact) mass is 347 g/mol. The van der Waals surface area contributed by atoms with Gasteiger partial charge in [0.25, 0.3) is 0 Å². The number of benzene rings is 1. The quantitative estimate of drug-likeness (QED) is 0.620. The summed E-state index contributed by atoms with van der Waals surface area (Å²) < 4.78 is 26.1. The van der Waals surface area contributed by atoms with Crippen molar-refractivity contribution in [2.75, 3.05) is 25.1 Å². The number of aromatic nitrogens is 2. The van der Waals surface area contributed by atoms with Crippen LogP contribution in [0.3, 0.4) is 0 Å². The van der Waals surface area contributed by atoms with Crippen molar-refractivity contribution in [3.63, 3.8) is 0 Å². The van der Waals surface area contributed by atoms with Crippen molar-refractivity contribution in [2.45, 2.75) is 12.0 Å². The minimum Gasteiger partial charge on any atom is -0.505 e. The Balaban J connectivity index is 1.94. The third-order valence-electron chi connectivity index (χ3n) is 4.27. The van der Waals surface area contributed by atoms with Crippen LogP contribution in [-0.2, 0) is 15.6 Å². The molecule has 0 unspecified atom stereocenters. The zero-order valence-electron chi connectivity index (χ0n) is 13.0. The lowest BCUT2D eigenvalue weighted by molar-refractivity contribution is 0.0724. The van der Waals surface area contributed by atoms with Crippen molar-refractivity contribution in [2.24, 2.45) is 0 Å². The molecule has 3 N–H and O–H groups in total. The van der Waals surface area contributed by atoms with Gasteiger partial charge in [0.15, 0.2) is 0 Å². The van der Waals surface area contributed by atoms with Gasteiger partial charge in [0.2, 0.25) is 10.0 Å². The molecule has 0 aliphatic carbocycles. The van der Waals surface area contributed by atoms with Crippen molar-refractivity contribution in [3.8, 4) is 22.9 Å². The van der Waals surface area contributed by atoms with E-state index < -0.39 is 15.6 Å². The molecule has 1 aliphatic rings. The van der Waals surface area contributed by atoms with Crippen LogP contribution in [-0.4, -0.2) is 47.0 Å². The third kappa shape index (κ3) is 2.60. The number of sulfonamides is 1. The number of phenols is 1. The van der Waals surface area contributed by atoms with Gasteiger partial charge in [-0.15, -0.1) is 0 Å². The number of nitriles is 1. The normalized spacial score (nSPS) is 17.2. The Kier molecular flexibility index (Phi) is 3.74. The van der Waals surface area contributed by atoms with Gasteiger partial charge < -0.3 is 10.8 Å². The van der Waals surface area contributed by atoms with Crippen molar-refractivity contribution < 1.29 is 13.5 Å². The molecule has 0 atom stereocenters. The summed E-state index contributed by atoms with van der Waals surface area (Å²) in [6.07, 6.45) is 4.55. The van der Waals surface area contributed by atoms with E-state index in [2.05, 4.69) is 11.2 Å². The maximum absolute atomic E-state index is 11.6. The van der Waals surface area contributed by atoms with E-state index in [1.54, 1.807) is 35.3 Å². The summed E-state index contributed by atoms with van der Waals surface area (Å²) in [7, 11) is -3.29. The Bertz CT molecular complexity index is 923. The molecule has 2 heterocycles. The Morgan fingerprint density at radius 2 is 2.17 bits per heavy atom. The van der Waals surface area contributed by atoms with Gasteiger partial charge in [-0.2, -0.15) is 14.7 Å². The molecule has 8 nitrogen and oxygen atoms in total. The van der Waals surface area contributed by atoms with Crippen LogP contribution in [0, 0.1) is 11.3 Å². The molecule has 24 heavy (non-hydrogen) atoms. The summed E-state index contributed by atoms with van der Waals surface area (Å²) in [5.41, 5.74) is 6.47. The average molecular weight is 347 g/mol. The topological polar surface area (TPSA) is 125 Å². The van der Waals surface area contributed by atoms with Gasteiger partial charge in [-0.1, -0.05) is 12.1 Å². The van der Waals surface area contributed by atoms with Crippen LogP contribution in [0.25, 0.3) is 11.1 Å². The molecule has 9 heteroatoms. The van der Waals surface area contributed by atoms with Crippen LogP contribution in [0.5, 0.6) is 5.75 Å². The molecule has 0 radical (unpaired) electrons.